The summed E-state index contributed by atoms with van der Waals surface area (Å²) in [7, 11) is 1.63. The van der Waals surface area contributed by atoms with E-state index < -0.39 is 0 Å². The SMILES string of the molecule is COc1ccc(C)c2c1N(C(=O)c1ccc(Cl)c(Cl)c1)CCC2. The molecule has 0 saturated carbocycles. The smallest absolute Gasteiger partial charge is 0.258 e. The minimum absolute atomic E-state index is 0.0894. The molecule has 1 amide bonds. The first kappa shape index (κ1) is 16.2. The van der Waals surface area contributed by atoms with Crippen molar-refractivity contribution in [1.82, 2.24) is 0 Å². The number of aryl methyl sites for hydroxylation is 1. The van der Waals surface area contributed by atoms with E-state index in [4.69, 9.17) is 27.9 Å². The van der Waals surface area contributed by atoms with Crippen molar-refractivity contribution in [2.45, 2.75) is 19.8 Å². The lowest BCUT2D eigenvalue weighted by atomic mass is 9.95. The zero-order valence-electron chi connectivity index (χ0n) is 13.0. The summed E-state index contributed by atoms with van der Waals surface area (Å²) in [5.41, 5.74) is 3.74. The Labute approximate surface area is 145 Å². The number of methoxy groups -OCH3 is 1. The number of ether oxygens (including phenoxy) is 1. The molecule has 0 aromatic heterocycles. The van der Waals surface area contributed by atoms with Gasteiger partial charge in [-0.1, -0.05) is 29.3 Å². The third-order valence-electron chi connectivity index (χ3n) is 4.19. The fourth-order valence-electron chi connectivity index (χ4n) is 3.01. The Morgan fingerprint density at radius 1 is 1.17 bits per heavy atom. The molecule has 1 heterocycles. The molecule has 2 aromatic rings. The third-order valence-corrected chi connectivity index (χ3v) is 4.93. The molecule has 1 aliphatic rings. The normalized spacial score (nSPS) is 13.7. The van der Waals surface area contributed by atoms with Gasteiger partial charge in [-0.3, -0.25) is 4.79 Å². The molecule has 120 valence electrons. The second-order valence-electron chi connectivity index (χ2n) is 5.60. The quantitative estimate of drug-likeness (QED) is 0.771. The standard InChI is InChI=1S/C18H17Cl2NO2/c1-11-5-8-16(23-2)17-13(11)4-3-9-21(17)18(22)12-6-7-14(19)15(20)10-12/h5-8,10H,3-4,9H2,1-2H3. The minimum atomic E-state index is -0.0894. The van der Waals surface area contributed by atoms with Gasteiger partial charge in [-0.2, -0.15) is 0 Å². The third kappa shape index (κ3) is 2.91. The minimum Gasteiger partial charge on any atom is -0.495 e. The van der Waals surface area contributed by atoms with Gasteiger partial charge >= 0.3 is 0 Å². The van der Waals surface area contributed by atoms with Gasteiger partial charge in [0.1, 0.15) is 5.75 Å². The predicted molar refractivity (Wildman–Crippen MR) is 94.2 cm³/mol. The summed E-state index contributed by atoms with van der Waals surface area (Å²) in [6, 6.07) is 8.91. The van der Waals surface area contributed by atoms with E-state index in [1.165, 1.54) is 11.1 Å². The van der Waals surface area contributed by atoms with Crippen LogP contribution in [0.1, 0.15) is 27.9 Å². The van der Waals surface area contributed by atoms with Crippen LogP contribution < -0.4 is 9.64 Å². The summed E-state index contributed by atoms with van der Waals surface area (Å²) in [4.78, 5) is 14.8. The Bertz CT molecular complexity index is 774. The van der Waals surface area contributed by atoms with E-state index in [-0.39, 0.29) is 5.91 Å². The summed E-state index contributed by atoms with van der Waals surface area (Å²) >= 11 is 12.0. The molecular weight excluding hydrogens is 333 g/mol. The summed E-state index contributed by atoms with van der Waals surface area (Å²) in [6.07, 6.45) is 1.87. The molecule has 0 saturated heterocycles. The van der Waals surface area contributed by atoms with Crippen molar-refractivity contribution >= 4 is 34.8 Å². The van der Waals surface area contributed by atoms with Gasteiger partial charge < -0.3 is 9.64 Å². The summed E-state index contributed by atoms with van der Waals surface area (Å²) in [5, 5.41) is 0.821. The second kappa shape index (κ2) is 6.42. The lowest BCUT2D eigenvalue weighted by Gasteiger charge is -2.32. The van der Waals surface area contributed by atoms with Crippen LogP contribution in [0, 0.1) is 6.92 Å². The maximum Gasteiger partial charge on any atom is 0.258 e. The summed E-state index contributed by atoms with van der Waals surface area (Å²) in [5.74, 6) is 0.632. The number of benzene rings is 2. The molecule has 0 radical (unpaired) electrons. The van der Waals surface area contributed by atoms with E-state index in [9.17, 15) is 4.79 Å². The molecule has 5 heteroatoms. The van der Waals surface area contributed by atoms with Gasteiger partial charge in [0.2, 0.25) is 0 Å². The molecule has 23 heavy (non-hydrogen) atoms. The van der Waals surface area contributed by atoms with Crippen LogP contribution in [0.4, 0.5) is 5.69 Å². The molecule has 0 bridgehead atoms. The zero-order valence-corrected chi connectivity index (χ0v) is 14.5. The molecule has 0 N–H and O–H groups in total. The molecule has 1 aliphatic heterocycles. The highest BCUT2D eigenvalue weighted by Crippen LogP contribution is 2.39. The highest BCUT2D eigenvalue weighted by Gasteiger charge is 2.28. The molecule has 3 rings (SSSR count). The van der Waals surface area contributed by atoms with Crippen LogP contribution in [-0.2, 0) is 6.42 Å². The Kier molecular flexibility index (Phi) is 4.51. The zero-order chi connectivity index (χ0) is 16.6. The van der Waals surface area contributed by atoms with E-state index in [1.54, 1.807) is 30.2 Å². The highest BCUT2D eigenvalue weighted by atomic mass is 35.5. The molecule has 0 spiro atoms. The van der Waals surface area contributed by atoms with E-state index in [0.717, 1.165) is 24.3 Å². The van der Waals surface area contributed by atoms with Crippen LogP contribution in [0.2, 0.25) is 10.0 Å². The summed E-state index contributed by atoms with van der Waals surface area (Å²) < 4.78 is 5.49. The largest absolute Gasteiger partial charge is 0.495 e. The van der Waals surface area contributed by atoms with Crippen molar-refractivity contribution < 1.29 is 9.53 Å². The first-order chi connectivity index (χ1) is 11.0. The molecule has 0 atom stereocenters. The Balaban J connectivity index is 2.07. The lowest BCUT2D eigenvalue weighted by Crippen LogP contribution is -2.36. The number of halogens is 2. The molecule has 2 aromatic carbocycles. The van der Waals surface area contributed by atoms with Crippen molar-refractivity contribution in [2.75, 3.05) is 18.6 Å². The van der Waals surface area contributed by atoms with Gasteiger partial charge in [0.15, 0.2) is 0 Å². The maximum atomic E-state index is 13.0. The van der Waals surface area contributed by atoms with Crippen LogP contribution in [0.15, 0.2) is 30.3 Å². The second-order valence-corrected chi connectivity index (χ2v) is 6.42. The highest BCUT2D eigenvalue weighted by molar-refractivity contribution is 6.42. The Morgan fingerprint density at radius 3 is 2.65 bits per heavy atom. The average Bonchev–Trinajstić information content (AvgIpc) is 2.57. The van der Waals surface area contributed by atoms with Crippen molar-refractivity contribution in [3.05, 3.63) is 57.1 Å². The Morgan fingerprint density at radius 2 is 1.96 bits per heavy atom. The van der Waals surface area contributed by atoms with Crippen LogP contribution in [0.5, 0.6) is 5.75 Å². The number of rotatable bonds is 2. The van der Waals surface area contributed by atoms with Gasteiger partial charge in [-0.05, 0) is 55.2 Å². The lowest BCUT2D eigenvalue weighted by molar-refractivity contribution is 0.0984. The Hall–Kier alpha value is -1.71. The molecule has 0 unspecified atom stereocenters. The molecule has 0 fully saturated rings. The molecule has 3 nitrogen and oxygen atoms in total. The number of carbonyl (C=O) groups excluding carboxylic acids is 1. The number of anilines is 1. The van der Waals surface area contributed by atoms with Crippen LogP contribution in [-0.4, -0.2) is 19.6 Å². The topological polar surface area (TPSA) is 29.5 Å². The van der Waals surface area contributed by atoms with Crippen LogP contribution >= 0.6 is 23.2 Å². The van der Waals surface area contributed by atoms with E-state index in [2.05, 4.69) is 6.92 Å². The first-order valence-electron chi connectivity index (χ1n) is 7.46. The fraction of sp³-hybridized carbons (Fsp3) is 0.278. The van der Waals surface area contributed by atoms with Gasteiger partial charge in [0, 0.05) is 12.1 Å². The number of nitrogens with zero attached hydrogens (tertiary/aromatic N) is 1. The average molecular weight is 350 g/mol. The summed E-state index contributed by atoms with van der Waals surface area (Å²) in [6.45, 7) is 2.72. The van der Waals surface area contributed by atoms with E-state index >= 15 is 0 Å². The number of hydrogen-bond acceptors (Lipinski definition) is 2. The van der Waals surface area contributed by atoms with Gasteiger partial charge in [-0.15, -0.1) is 0 Å². The first-order valence-corrected chi connectivity index (χ1v) is 8.22. The number of carbonyl (C=O) groups is 1. The van der Waals surface area contributed by atoms with Gasteiger partial charge in [0.25, 0.3) is 5.91 Å². The monoisotopic (exact) mass is 349 g/mol. The van der Waals surface area contributed by atoms with Crippen LogP contribution in [0.25, 0.3) is 0 Å². The van der Waals surface area contributed by atoms with Crippen LogP contribution in [0.3, 0.4) is 0 Å². The van der Waals surface area contributed by atoms with Gasteiger partial charge in [-0.25, -0.2) is 0 Å². The maximum absolute atomic E-state index is 13.0. The number of amides is 1. The number of hydrogen-bond donors (Lipinski definition) is 0. The fourth-order valence-corrected chi connectivity index (χ4v) is 3.30. The molecule has 0 aliphatic carbocycles. The van der Waals surface area contributed by atoms with Crippen molar-refractivity contribution in [1.29, 1.82) is 0 Å². The van der Waals surface area contributed by atoms with Crippen molar-refractivity contribution in [3.63, 3.8) is 0 Å². The van der Waals surface area contributed by atoms with Crippen molar-refractivity contribution in [3.8, 4) is 5.75 Å². The molecular formula is C18H17Cl2NO2. The van der Waals surface area contributed by atoms with Gasteiger partial charge in [0.05, 0.1) is 22.8 Å². The van der Waals surface area contributed by atoms with E-state index in [0.29, 0.717) is 22.2 Å². The van der Waals surface area contributed by atoms with E-state index in [1.807, 2.05) is 12.1 Å². The number of fused-ring (bicyclic) bond motifs is 1. The predicted octanol–water partition coefficient (Wildman–Crippen LogP) is 4.90. The van der Waals surface area contributed by atoms with Crippen molar-refractivity contribution in [2.24, 2.45) is 0 Å².